The fraction of sp³-hybridized carbons (Fsp3) is 0.350. The second kappa shape index (κ2) is 8.25. The highest BCUT2D eigenvalue weighted by atomic mass is 32.2. The van der Waals surface area contributed by atoms with Crippen LogP contribution in [0.25, 0.3) is 0 Å². The first-order chi connectivity index (χ1) is 11.8. The fourth-order valence-electron chi connectivity index (χ4n) is 3.08. The van der Waals surface area contributed by atoms with Gasteiger partial charge in [-0.3, -0.25) is 4.79 Å². The van der Waals surface area contributed by atoms with Gasteiger partial charge in [-0.2, -0.15) is 0 Å². The van der Waals surface area contributed by atoms with Gasteiger partial charge >= 0.3 is 0 Å². The summed E-state index contributed by atoms with van der Waals surface area (Å²) < 4.78 is 5.33. The van der Waals surface area contributed by atoms with Crippen molar-refractivity contribution in [3.63, 3.8) is 0 Å². The first-order valence-corrected chi connectivity index (χ1v) is 9.38. The zero-order valence-corrected chi connectivity index (χ0v) is 14.8. The Labute approximate surface area is 147 Å². The molecule has 0 aromatic heterocycles. The average Bonchev–Trinajstić information content (AvgIpc) is 3.08. The van der Waals surface area contributed by atoms with Crippen molar-refractivity contribution in [1.82, 2.24) is 5.32 Å². The van der Waals surface area contributed by atoms with E-state index < -0.39 is 0 Å². The number of thioether (sulfide) groups is 1. The number of fused-ring (bicyclic) bond motifs is 1. The van der Waals surface area contributed by atoms with Crippen molar-refractivity contribution in [2.75, 3.05) is 19.4 Å². The van der Waals surface area contributed by atoms with Crippen LogP contribution in [0.1, 0.15) is 23.1 Å². The molecule has 0 bridgehead atoms. The van der Waals surface area contributed by atoms with Gasteiger partial charge in [0.25, 0.3) is 0 Å². The number of ether oxygens (including phenoxy) is 1. The Kier molecular flexibility index (Phi) is 5.81. The zero-order chi connectivity index (χ0) is 16.8. The van der Waals surface area contributed by atoms with Crippen LogP contribution in [-0.2, 0) is 24.1 Å². The monoisotopic (exact) mass is 341 g/mol. The van der Waals surface area contributed by atoms with E-state index in [1.54, 1.807) is 18.9 Å². The molecule has 2 aromatic carbocycles. The molecule has 4 heteroatoms. The quantitative estimate of drug-likeness (QED) is 0.782. The van der Waals surface area contributed by atoms with E-state index in [1.165, 1.54) is 35.3 Å². The van der Waals surface area contributed by atoms with Crippen molar-refractivity contribution < 1.29 is 9.53 Å². The Hall–Kier alpha value is -1.94. The molecule has 3 nitrogen and oxygen atoms in total. The molecule has 0 aliphatic heterocycles. The molecule has 0 atom stereocenters. The second-order valence-electron chi connectivity index (χ2n) is 5.98. The molecule has 0 fully saturated rings. The van der Waals surface area contributed by atoms with Crippen molar-refractivity contribution in [2.45, 2.75) is 30.6 Å². The predicted octanol–water partition coefficient (Wildman–Crippen LogP) is 3.63. The third kappa shape index (κ3) is 4.32. The lowest BCUT2D eigenvalue weighted by Gasteiger charge is -2.09. The van der Waals surface area contributed by atoms with E-state index in [9.17, 15) is 4.79 Å². The van der Waals surface area contributed by atoms with Crippen LogP contribution in [0.5, 0.6) is 5.75 Å². The van der Waals surface area contributed by atoms with Gasteiger partial charge in [0.15, 0.2) is 0 Å². The molecule has 1 N–H and O–H groups in total. The molecular weight excluding hydrogens is 318 g/mol. The van der Waals surface area contributed by atoms with Gasteiger partial charge in [-0.1, -0.05) is 24.3 Å². The number of amides is 1. The zero-order valence-electron chi connectivity index (χ0n) is 14.0. The standard InChI is InChI=1S/C20H23NO2S/c1-23-19-8-3-2-5-16(19)11-12-21-20(22)14-24-18-10-9-15-6-4-7-17(15)13-18/h2-3,5,8-10,13H,4,6-7,11-12,14H2,1H3,(H,21,22). The maximum atomic E-state index is 12.0. The van der Waals surface area contributed by atoms with Crippen molar-refractivity contribution in [3.05, 3.63) is 59.2 Å². The maximum absolute atomic E-state index is 12.0. The minimum atomic E-state index is 0.0791. The molecule has 1 aliphatic carbocycles. The molecule has 0 saturated carbocycles. The van der Waals surface area contributed by atoms with Gasteiger partial charge in [0.05, 0.1) is 12.9 Å². The smallest absolute Gasteiger partial charge is 0.230 e. The van der Waals surface area contributed by atoms with E-state index in [0.29, 0.717) is 12.3 Å². The summed E-state index contributed by atoms with van der Waals surface area (Å²) in [6.45, 7) is 0.629. The Morgan fingerprint density at radius 2 is 2.00 bits per heavy atom. The molecule has 1 amide bonds. The van der Waals surface area contributed by atoms with Gasteiger partial charge < -0.3 is 10.1 Å². The normalized spacial score (nSPS) is 12.7. The van der Waals surface area contributed by atoms with Crippen LogP contribution < -0.4 is 10.1 Å². The summed E-state index contributed by atoms with van der Waals surface area (Å²) in [5, 5.41) is 2.99. The molecule has 3 rings (SSSR count). The van der Waals surface area contributed by atoms with Gasteiger partial charge in [0.2, 0.25) is 5.91 Å². The van der Waals surface area contributed by atoms with E-state index in [1.807, 2.05) is 24.3 Å². The van der Waals surface area contributed by atoms with Crippen LogP contribution in [-0.4, -0.2) is 25.3 Å². The van der Waals surface area contributed by atoms with E-state index in [0.717, 1.165) is 17.7 Å². The summed E-state index contributed by atoms with van der Waals surface area (Å²) in [6.07, 6.45) is 4.41. The van der Waals surface area contributed by atoms with Crippen molar-refractivity contribution in [3.8, 4) is 5.75 Å². The highest BCUT2D eigenvalue weighted by Crippen LogP contribution is 2.27. The lowest BCUT2D eigenvalue weighted by Crippen LogP contribution is -2.27. The lowest BCUT2D eigenvalue weighted by molar-refractivity contribution is -0.118. The third-order valence-corrected chi connectivity index (χ3v) is 5.34. The molecule has 0 heterocycles. The first kappa shape index (κ1) is 16.9. The van der Waals surface area contributed by atoms with E-state index in [2.05, 4.69) is 23.5 Å². The third-order valence-electron chi connectivity index (χ3n) is 4.35. The van der Waals surface area contributed by atoms with E-state index in [4.69, 9.17) is 4.74 Å². The van der Waals surface area contributed by atoms with Gasteiger partial charge in [-0.15, -0.1) is 11.8 Å². The number of carbonyl (C=O) groups excluding carboxylic acids is 1. The Bertz CT molecular complexity index is 715. The number of nitrogens with one attached hydrogen (secondary N) is 1. The second-order valence-corrected chi connectivity index (χ2v) is 7.03. The molecule has 1 aliphatic rings. The van der Waals surface area contributed by atoms with Crippen LogP contribution in [0.3, 0.4) is 0 Å². The van der Waals surface area contributed by atoms with Crippen LogP contribution in [0, 0.1) is 0 Å². The minimum absolute atomic E-state index is 0.0791. The molecule has 2 aromatic rings. The van der Waals surface area contributed by atoms with Crippen LogP contribution in [0.4, 0.5) is 0 Å². The number of carbonyl (C=O) groups is 1. The number of methoxy groups -OCH3 is 1. The summed E-state index contributed by atoms with van der Waals surface area (Å²) >= 11 is 1.61. The summed E-state index contributed by atoms with van der Waals surface area (Å²) in [4.78, 5) is 13.2. The number of rotatable bonds is 7. The van der Waals surface area contributed by atoms with Crippen molar-refractivity contribution >= 4 is 17.7 Å². The minimum Gasteiger partial charge on any atom is -0.496 e. The summed E-state index contributed by atoms with van der Waals surface area (Å²) in [5.74, 6) is 1.42. The van der Waals surface area contributed by atoms with E-state index >= 15 is 0 Å². The molecule has 126 valence electrons. The van der Waals surface area contributed by atoms with Crippen molar-refractivity contribution in [2.24, 2.45) is 0 Å². The Balaban J connectivity index is 1.43. The largest absolute Gasteiger partial charge is 0.496 e. The first-order valence-electron chi connectivity index (χ1n) is 8.39. The number of hydrogen-bond donors (Lipinski definition) is 1. The molecule has 24 heavy (non-hydrogen) atoms. The molecular formula is C20H23NO2S. The van der Waals surface area contributed by atoms with E-state index in [-0.39, 0.29) is 5.91 Å². The molecule has 0 saturated heterocycles. The highest BCUT2D eigenvalue weighted by Gasteiger charge is 2.11. The number of para-hydroxylation sites is 1. The topological polar surface area (TPSA) is 38.3 Å². The van der Waals surface area contributed by atoms with Gasteiger partial charge in [0.1, 0.15) is 5.75 Å². The average molecular weight is 341 g/mol. The molecule has 0 unspecified atom stereocenters. The summed E-state index contributed by atoms with van der Waals surface area (Å²) in [6, 6.07) is 14.5. The van der Waals surface area contributed by atoms with Gasteiger partial charge in [0, 0.05) is 11.4 Å². The highest BCUT2D eigenvalue weighted by molar-refractivity contribution is 8.00. The summed E-state index contributed by atoms with van der Waals surface area (Å²) in [7, 11) is 1.67. The number of hydrogen-bond acceptors (Lipinski definition) is 3. The van der Waals surface area contributed by atoms with Crippen LogP contribution >= 0.6 is 11.8 Å². The maximum Gasteiger partial charge on any atom is 0.230 e. The number of benzene rings is 2. The Morgan fingerprint density at radius 1 is 1.17 bits per heavy atom. The molecule has 0 spiro atoms. The summed E-state index contributed by atoms with van der Waals surface area (Å²) in [5.41, 5.74) is 4.05. The van der Waals surface area contributed by atoms with Crippen LogP contribution in [0.15, 0.2) is 47.4 Å². The lowest BCUT2D eigenvalue weighted by atomic mass is 10.1. The van der Waals surface area contributed by atoms with Crippen molar-refractivity contribution in [1.29, 1.82) is 0 Å². The SMILES string of the molecule is COc1ccccc1CCNC(=O)CSc1ccc2c(c1)CCC2. The predicted molar refractivity (Wildman–Crippen MR) is 98.9 cm³/mol. The fourth-order valence-corrected chi connectivity index (χ4v) is 3.87. The van der Waals surface area contributed by atoms with Gasteiger partial charge in [-0.25, -0.2) is 0 Å². The van der Waals surface area contributed by atoms with Gasteiger partial charge in [-0.05, 0) is 60.6 Å². The Morgan fingerprint density at radius 3 is 2.88 bits per heavy atom. The molecule has 0 radical (unpaired) electrons. The van der Waals surface area contributed by atoms with Crippen LogP contribution in [0.2, 0.25) is 0 Å². The number of aryl methyl sites for hydroxylation is 2.